The molecule has 0 saturated heterocycles. The van der Waals surface area contributed by atoms with Gasteiger partial charge in [-0.3, -0.25) is 0 Å². The third-order valence-corrected chi connectivity index (χ3v) is 2.73. The third-order valence-electron chi connectivity index (χ3n) is 2.41. The Morgan fingerprint density at radius 3 is 2.69 bits per heavy atom. The highest BCUT2D eigenvalue weighted by atomic mass is 35.5. The molecule has 0 amide bonds. The maximum Gasteiger partial charge on any atom is 0.0464 e. The van der Waals surface area contributed by atoms with Gasteiger partial charge in [-0.2, -0.15) is 0 Å². The van der Waals surface area contributed by atoms with Crippen molar-refractivity contribution in [3.8, 4) is 0 Å². The van der Waals surface area contributed by atoms with Gasteiger partial charge in [0.1, 0.15) is 0 Å². The molecule has 2 rings (SSSR count). The number of hydrogen-bond acceptors (Lipinski definition) is 1. The van der Waals surface area contributed by atoms with Crippen LogP contribution in [0.4, 0.5) is 5.69 Å². The molecule has 72 valence electrons. The van der Waals surface area contributed by atoms with E-state index < -0.39 is 0 Å². The fraction of sp³-hybridized carbons (Fsp3) is 0.400. The molecule has 0 radical (unpaired) electrons. The average molecular weight is 218 g/mol. The lowest BCUT2D eigenvalue weighted by Gasteiger charge is -2.17. The first-order valence-corrected chi connectivity index (χ1v) is 4.52. The zero-order valence-corrected chi connectivity index (χ0v) is 9.30. The molecule has 13 heavy (non-hydrogen) atoms. The van der Waals surface area contributed by atoms with Gasteiger partial charge in [-0.25, -0.2) is 0 Å². The lowest BCUT2D eigenvalue weighted by molar-refractivity contribution is 0.586. The molecule has 0 aromatic heterocycles. The second-order valence-corrected chi connectivity index (χ2v) is 4.31. The predicted molar refractivity (Wildman–Crippen MR) is 60.2 cm³/mol. The van der Waals surface area contributed by atoms with Crippen molar-refractivity contribution in [2.75, 3.05) is 11.9 Å². The summed E-state index contributed by atoms with van der Waals surface area (Å²) in [6, 6.07) is 6.01. The molecule has 1 heterocycles. The van der Waals surface area contributed by atoms with Gasteiger partial charge in [0, 0.05) is 28.2 Å². The molecule has 0 atom stereocenters. The predicted octanol–water partition coefficient (Wildman–Crippen LogP) is 3.46. The monoisotopic (exact) mass is 217 g/mol. The highest BCUT2D eigenvalue weighted by Gasteiger charge is 2.31. The van der Waals surface area contributed by atoms with Gasteiger partial charge in [-0.1, -0.05) is 31.5 Å². The SMILES string of the molecule is CC1(C)CNc2cccc(Cl)c21.Cl. The van der Waals surface area contributed by atoms with E-state index in [1.807, 2.05) is 12.1 Å². The Morgan fingerprint density at radius 2 is 2.08 bits per heavy atom. The minimum Gasteiger partial charge on any atom is -0.384 e. The summed E-state index contributed by atoms with van der Waals surface area (Å²) in [5.74, 6) is 0. The van der Waals surface area contributed by atoms with Crippen molar-refractivity contribution >= 4 is 29.7 Å². The molecular weight excluding hydrogens is 205 g/mol. The molecule has 1 N–H and O–H groups in total. The summed E-state index contributed by atoms with van der Waals surface area (Å²) in [6.07, 6.45) is 0. The summed E-state index contributed by atoms with van der Waals surface area (Å²) in [7, 11) is 0. The van der Waals surface area contributed by atoms with Crippen molar-refractivity contribution in [3.05, 3.63) is 28.8 Å². The van der Waals surface area contributed by atoms with E-state index in [4.69, 9.17) is 11.6 Å². The van der Waals surface area contributed by atoms with E-state index in [-0.39, 0.29) is 17.8 Å². The van der Waals surface area contributed by atoms with Crippen LogP contribution in [0.1, 0.15) is 19.4 Å². The Hall–Kier alpha value is -0.400. The number of halogens is 2. The summed E-state index contributed by atoms with van der Waals surface area (Å²) in [5, 5.41) is 4.22. The number of benzene rings is 1. The lowest BCUT2D eigenvalue weighted by atomic mass is 9.87. The van der Waals surface area contributed by atoms with Gasteiger partial charge in [0.05, 0.1) is 0 Å². The van der Waals surface area contributed by atoms with E-state index in [1.165, 1.54) is 11.3 Å². The molecule has 0 fully saturated rings. The first-order chi connectivity index (χ1) is 5.61. The van der Waals surface area contributed by atoms with Gasteiger partial charge in [-0.05, 0) is 12.1 Å². The van der Waals surface area contributed by atoms with Crippen LogP contribution in [0.25, 0.3) is 0 Å². The standard InChI is InChI=1S/C10H12ClN.ClH/c1-10(2)6-12-8-5-3-4-7(11)9(8)10;/h3-5,12H,6H2,1-2H3;1H. The van der Waals surface area contributed by atoms with E-state index >= 15 is 0 Å². The van der Waals surface area contributed by atoms with E-state index in [9.17, 15) is 0 Å². The fourth-order valence-corrected chi connectivity index (χ4v) is 2.19. The Bertz CT molecular complexity index is 321. The number of anilines is 1. The molecule has 0 bridgehead atoms. The molecule has 1 aliphatic heterocycles. The minimum atomic E-state index is 0. The van der Waals surface area contributed by atoms with Crippen LogP contribution in [-0.2, 0) is 5.41 Å². The third kappa shape index (κ3) is 1.63. The average Bonchev–Trinajstić information content (AvgIpc) is 2.29. The van der Waals surface area contributed by atoms with Crippen LogP contribution in [0, 0.1) is 0 Å². The van der Waals surface area contributed by atoms with Crippen LogP contribution < -0.4 is 5.32 Å². The first-order valence-electron chi connectivity index (χ1n) is 4.14. The van der Waals surface area contributed by atoms with Gasteiger partial charge in [0.25, 0.3) is 0 Å². The number of rotatable bonds is 0. The quantitative estimate of drug-likeness (QED) is 0.703. The van der Waals surface area contributed by atoms with Gasteiger partial charge in [-0.15, -0.1) is 12.4 Å². The maximum atomic E-state index is 6.11. The maximum absolute atomic E-state index is 6.11. The molecule has 0 spiro atoms. The molecule has 1 aromatic rings. The highest BCUT2D eigenvalue weighted by molar-refractivity contribution is 6.32. The molecule has 0 aliphatic carbocycles. The minimum absolute atomic E-state index is 0. The summed E-state index contributed by atoms with van der Waals surface area (Å²) in [6.45, 7) is 5.39. The summed E-state index contributed by atoms with van der Waals surface area (Å²) in [4.78, 5) is 0. The summed E-state index contributed by atoms with van der Waals surface area (Å²) < 4.78 is 0. The number of hydrogen-bond donors (Lipinski definition) is 1. The zero-order valence-electron chi connectivity index (χ0n) is 7.73. The lowest BCUT2D eigenvalue weighted by Crippen LogP contribution is -2.19. The van der Waals surface area contributed by atoms with Crippen molar-refractivity contribution in [3.63, 3.8) is 0 Å². The van der Waals surface area contributed by atoms with E-state index in [0.29, 0.717) is 0 Å². The molecule has 1 aliphatic rings. The number of nitrogens with one attached hydrogen (secondary N) is 1. The topological polar surface area (TPSA) is 12.0 Å². The molecule has 1 aromatic carbocycles. The zero-order chi connectivity index (χ0) is 8.77. The van der Waals surface area contributed by atoms with E-state index in [1.54, 1.807) is 0 Å². The van der Waals surface area contributed by atoms with Gasteiger partial charge >= 0.3 is 0 Å². The van der Waals surface area contributed by atoms with Crippen LogP contribution in [0.5, 0.6) is 0 Å². The van der Waals surface area contributed by atoms with Crippen molar-refractivity contribution < 1.29 is 0 Å². The van der Waals surface area contributed by atoms with Crippen LogP contribution in [-0.4, -0.2) is 6.54 Å². The van der Waals surface area contributed by atoms with Crippen LogP contribution in [0.2, 0.25) is 5.02 Å². The molecular formula is C10H13Cl2N. The van der Waals surface area contributed by atoms with Gasteiger partial charge < -0.3 is 5.32 Å². The van der Waals surface area contributed by atoms with E-state index in [2.05, 4.69) is 25.2 Å². The number of fused-ring (bicyclic) bond motifs is 1. The fourth-order valence-electron chi connectivity index (χ4n) is 1.76. The Morgan fingerprint density at radius 1 is 1.38 bits per heavy atom. The van der Waals surface area contributed by atoms with Gasteiger partial charge in [0.2, 0.25) is 0 Å². The molecule has 1 nitrogen and oxygen atoms in total. The van der Waals surface area contributed by atoms with Crippen molar-refractivity contribution in [2.45, 2.75) is 19.3 Å². The summed E-state index contributed by atoms with van der Waals surface area (Å²) >= 11 is 6.11. The molecule has 3 heteroatoms. The van der Waals surface area contributed by atoms with Crippen molar-refractivity contribution in [1.82, 2.24) is 0 Å². The Kier molecular flexibility index (Phi) is 2.79. The Labute approximate surface area is 89.9 Å². The second kappa shape index (κ2) is 3.39. The normalized spacial score (nSPS) is 17.2. The summed E-state index contributed by atoms with van der Waals surface area (Å²) in [5.41, 5.74) is 2.62. The molecule has 0 saturated carbocycles. The smallest absolute Gasteiger partial charge is 0.0464 e. The van der Waals surface area contributed by atoms with Gasteiger partial charge in [0.15, 0.2) is 0 Å². The second-order valence-electron chi connectivity index (χ2n) is 3.90. The van der Waals surface area contributed by atoms with E-state index in [0.717, 1.165) is 11.6 Å². The first kappa shape index (κ1) is 10.7. The molecule has 0 unspecified atom stereocenters. The Balaban J connectivity index is 0.000000845. The highest BCUT2D eigenvalue weighted by Crippen LogP contribution is 2.40. The van der Waals surface area contributed by atoms with Crippen molar-refractivity contribution in [1.29, 1.82) is 0 Å². The largest absolute Gasteiger partial charge is 0.384 e. The van der Waals surface area contributed by atoms with Crippen LogP contribution >= 0.6 is 24.0 Å². The van der Waals surface area contributed by atoms with Crippen LogP contribution in [0.15, 0.2) is 18.2 Å². The van der Waals surface area contributed by atoms with Crippen LogP contribution in [0.3, 0.4) is 0 Å². The van der Waals surface area contributed by atoms with Crippen molar-refractivity contribution in [2.24, 2.45) is 0 Å².